The molecule has 0 amide bonds. The van der Waals surface area contributed by atoms with Crippen LogP contribution in [0, 0.1) is 0 Å². The Balaban J connectivity index is 2.78. The molecule has 0 aromatic rings. The fourth-order valence-corrected chi connectivity index (χ4v) is 4.05. The molecule has 15 heavy (non-hydrogen) atoms. The van der Waals surface area contributed by atoms with Crippen LogP contribution in [-0.2, 0) is 9.84 Å². The summed E-state index contributed by atoms with van der Waals surface area (Å²) in [5.41, 5.74) is 4.01. The molecule has 1 saturated heterocycles. The predicted octanol–water partition coefficient (Wildman–Crippen LogP) is 0.444. The van der Waals surface area contributed by atoms with E-state index >= 15 is 0 Å². The van der Waals surface area contributed by atoms with Gasteiger partial charge in [-0.3, -0.25) is 0 Å². The molecule has 0 saturated carbocycles. The largest absolute Gasteiger partial charge is 0.387 e. The van der Waals surface area contributed by atoms with Crippen LogP contribution in [0.15, 0.2) is 0 Å². The van der Waals surface area contributed by atoms with Crippen LogP contribution in [0.4, 0.5) is 0 Å². The highest BCUT2D eigenvalue weighted by Gasteiger charge is 2.51. The van der Waals surface area contributed by atoms with E-state index in [-0.39, 0.29) is 17.9 Å². The van der Waals surface area contributed by atoms with Gasteiger partial charge in [-0.05, 0) is 19.8 Å². The predicted molar refractivity (Wildman–Crippen MR) is 60.3 cm³/mol. The molecule has 0 bridgehead atoms. The van der Waals surface area contributed by atoms with Crippen molar-refractivity contribution in [3.05, 3.63) is 0 Å². The minimum Gasteiger partial charge on any atom is -0.387 e. The molecule has 3 N–H and O–H groups in total. The number of unbranched alkanes of at least 4 members (excludes halogenated alkanes) is 1. The van der Waals surface area contributed by atoms with Gasteiger partial charge in [0.1, 0.15) is 0 Å². The lowest BCUT2D eigenvalue weighted by Crippen LogP contribution is -2.59. The molecule has 0 radical (unpaired) electrons. The van der Waals surface area contributed by atoms with Gasteiger partial charge in [0.05, 0.1) is 17.1 Å². The Labute approximate surface area is 91.8 Å². The van der Waals surface area contributed by atoms with E-state index < -0.39 is 21.0 Å². The maximum Gasteiger partial charge on any atom is 0.153 e. The monoisotopic (exact) mass is 235 g/mol. The van der Waals surface area contributed by atoms with Crippen molar-refractivity contribution >= 4 is 9.84 Å². The zero-order chi connectivity index (χ0) is 11.7. The van der Waals surface area contributed by atoms with Crippen LogP contribution in [-0.4, -0.2) is 36.2 Å². The van der Waals surface area contributed by atoms with Crippen LogP contribution in [0.5, 0.6) is 0 Å². The molecule has 0 aromatic heterocycles. The summed E-state index contributed by atoms with van der Waals surface area (Å²) >= 11 is 0. The normalized spacial score (nSPS) is 33.9. The first-order valence-corrected chi connectivity index (χ1v) is 7.26. The van der Waals surface area contributed by atoms with Gasteiger partial charge in [-0.15, -0.1) is 0 Å². The van der Waals surface area contributed by atoms with E-state index in [2.05, 4.69) is 0 Å². The van der Waals surface area contributed by atoms with Crippen molar-refractivity contribution in [3.8, 4) is 0 Å². The SMILES string of the molecule is CCCCC(C)(N)C1(O)CCS(=O)(=O)C1. The summed E-state index contributed by atoms with van der Waals surface area (Å²) in [6.07, 6.45) is 2.84. The van der Waals surface area contributed by atoms with Crippen molar-refractivity contribution in [2.45, 2.75) is 50.7 Å². The second-order valence-electron chi connectivity index (χ2n) is 4.89. The average molecular weight is 235 g/mol. The topological polar surface area (TPSA) is 80.4 Å². The summed E-state index contributed by atoms with van der Waals surface area (Å²) in [6.45, 7) is 3.80. The number of hydrogen-bond donors (Lipinski definition) is 2. The lowest BCUT2D eigenvalue weighted by Gasteiger charge is -2.39. The van der Waals surface area contributed by atoms with Gasteiger partial charge in [0.25, 0.3) is 0 Å². The highest BCUT2D eigenvalue weighted by molar-refractivity contribution is 7.91. The van der Waals surface area contributed by atoms with Crippen LogP contribution in [0.1, 0.15) is 39.5 Å². The Bertz CT molecular complexity index is 324. The zero-order valence-corrected chi connectivity index (χ0v) is 10.3. The molecule has 0 aromatic carbocycles. The molecule has 90 valence electrons. The smallest absolute Gasteiger partial charge is 0.153 e. The third-order valence-corrected chi connectivity index (χ3v) is 5.14. The van der Waals surface area contributed by atoms with Crippen LogP contribution < -0.4 is 5.73 Å². The van der Waals surface area contributed by atoms with Crippen LogP contribution >= 0.6 is 0 Å². The molecular formula is C10H21NO3S. The lowest BCUT2D eigenvalue weighted by molar-refractivity contribution is -0.00946. The highest BCUT2D eigenvalue weighted by Crippen LogP contribution is 2.34. The van der Waals surface area contributed by atoms with Crippen LogP contribution in [0.3, 0.4) is 0 Å². The van der Waals surface area contributed by atoms with E-state index in [1.54, 1.807) is 6.92 Å². The summed E-state index contributed by atoms with van der Waals surface area (Å²) in [5, 5.41) is 10.3. The minimum absolute atomic E-state index is 0.0580. The molecule has 1 rings (SSSR count). The second-order valence-corrected chi connectivity index (χ2v) is 7.08. The van der Waals surface area contributed by atoms with E-state index in [4.69, 9.17) is 5.73 Å². The van der Waals surface area contributed by atoms with E-state index in [0.29, 0.717) is 6.42 Å². The van der Waals surface area contributed by atoms with Gasteiger partial charge in [0, 0.05) is 5.54 Å². The first-order chi connectivity index (χ1) is 6.72. The lowest BCUT2D eigenvalue weighted by atomic mass is 9.78. The molecule has 5 heteroatoms. The van der Waals surface area contributed by atoms with Gasteiger partial charge >= 0.3 is 0 Å². The highest BCUT2D eigenvalue weighted by atomic mass is 32.2. The van der Waals surface area contributed by atoms with Gasteiger partial charge in [0.2, 0.25) is 0 Å². The molecule has 1 aliphatic rings. The van der Waals surface area contributed by atoms with E-state index in [1.807, 2.05) is 6.92 Å². The van der Waals surface area contributed by atoms with E-state index in [9.17, 15) is 13.5 Å². The van der Waals surface area contributed by atoms with Gasteiger partial charge in [-0.25, -0.2) is 8.42 Å². The Hall–Kier alpha value is -0.130. The van der Waals surface area contributed by atoms with Crippen molar-refractivity contribution < 1.29 is 13.5 Å². The molecule has 1 aliphatic heterocycles. The fourth-order valence-electron chi connectivity index (χ4n) is 2.06. The molecule has 4 nitrogen and oxygen atoms in total. The van der Waals surface area contributed by atoms with Crippen molar-refractivity contribution in [1.29, 1.82) is 0 Å². The van der Waals surface area contributed by atoms with E-state index in [0.717, 1.165) is 12.8 Å². The molecule has 0 spiro atoms. The van der Waals surface area contributed by atoms with Gasteiger partial charge in [0.15, 0.2) is 9.84 Å². The molecule has 2 unspecified atom stereocenters. The summed E-state index contributed by atoms with van der Waals surface area (Å²) < 4.78 is 22.7. The Kier molecular flexibility index (Phi) is 3.48. The van der Waals surface area contributed by atoms with E-state index in [1.165, 1.54) is 0 Å². The summed E-state index contributed by atoms with van der Waals surface area (Å²) in [4.78, 5) is 0. The number of rotatable bonds is 4. The maximum atomic E-state index is 11.4. The number of hydrogen-bond acceptors (Lipinski definition) is 4. The minimum atomic E-state index is -3.09. The first-order valence-electron chi connectivity index (χ1n) is 5.44. The van der Waals surface area contributed by atoms with Gasteiger partial charge in [-0.1, -0.05) is 19.8 Å². The zero-order valence-electron chi connectivity index (χ0n) is 9.49. The van der Waals surface area contributed by atoms with Crippen LogP contribution in [0.2, 0.25) is 0 Å². The molecule has 0 aliphatic carbocycles. The molecule has 2 atom stereocenters. The maximum absolute atomic E-state index is 11.4. The van der Waals surface area contributed by atoms with Gasteiger partial charge < -0.3 is 10.8 Å². The standard InChI is InChI=1S/C10H21NO3S/c1-3-4-5-9(2,11)10(12)6-7-15(13,14)8-10/h12H,3-8,11H2,1-2H3. The quantitative estimate of drug-likeness (QED) is 0.741. The molecule has 1 heterocycles. The summed E-state index contributed by atoms with van der Waals surface area (Å²) in [5.74, 6) is -0.126. The number of nitrogens with two attached hydrogens (primary N) is 1. The third-order valence-electron chi connectivity index (χ3n) is 3.40. The average Bonchev–Trinajstić information content (AvgIpc) is 2.39. The number of sulfone groups is 1. The van der Waals surface area contributed by atoms with Crippen molar-refractivity contribution in [1.82, 2.24) is 0 Å². The molecular weight excluding hydrogens is 214 g/mol. The first kappa shape index (κ1) is 12.9. The Morgan fingerprint density at radius 3 is 2.53 bits per heavy atom. The summed E-state index contributed by atoms with van der Waals surface area (Å²) in [6, 6.07) is 0. The Morgan fingerprint density at radius 1 is 1.53 bits per heavy atom. The number of aliphatic hydroxyl groups is 1. The van der Waals surface area contributed by atoms with Gasteiger partial charge in [-0.2, -0.15) is 0 Å². The van der Waals surface area contributed by atoms with Crippen molar-refractivity contribution in [3.63, 3.8) is 0 Å². The van der Waals surface area contributed by atoms with Crippen molar-refractivity contribution in [2.75, 3.05) is 11.5 Å². The summed E-state index contributed by atoms with van der Waals surface area (Å²) in [7, 11) is -3.09. The fraction of sp³-hybridized carbons (Fsp3) is 1.00. The van der Waals surface area contributed by atoms with Crippen molar-refractivity contribution in [2.24, 2.45) is 5.73 Å². The second kappa shape index (κ2) is 4.03. The Morgan fingerprint density at radius 2 is 2.13 bits per heavy atom. The molecule has 1 fully saturated rings. The van der Waals surface area contributed by atoms with Crippen LogP contribution in [0.25, 0.3) is 0 Å². The third kappa shape index (κ3) is 2.71.